The number of aliphatic carboxylic acids is 1. The second kappa shape index (κ2) is 8.67. The lowest BCUT2D eigenvalue weighted by atomic mass is 10.0. The van der Waals surface area contributed by atoms with Gasteiger partial charge >= 0.3 is 5.97 Å². The summed E-state index contributed by atoms with van der Waals surface area (Å²) in [6.45, 7) is 4.88. The number of carboxylic acids is 1. The Morgan fingerprint density at radius 1 is 1.13 bits per heavy atom. The lowest BCUT2D eigenvalue weighted by Crippen LogP contribution is -2.53. The van der Waals surface area contributed by atoms with Gasteiger partial charge in [0.1, 0.15) is 12.1 Å². The predicted molar refractivity (Wildman–Crippen MR) is 89.9 cm³/mol. The van der Waals surface area contributed by atoms with Gasteiger partial charge in [0.25, 0.3) is 0 Å². The second-order valence-electron chi connectivity index (χ2n) is 5.65. The van der Waals surface area contributed by atoms with Crippen LogP contribution in [0.5, 0.6) is 0 Å². The number of hydrogen-bond acceptors (Lipinski definition) is 3. The van der Waals surface area contributed by atoms with E-state index in [0.717, 1.165) is 10.0 Å². The SMILES string of the molecule is CC(=O)N[C@@H](C(=O)N[C@@H](Cc1ccc(Br)cc1)C(=O)O)C(C)C. The van der Waals surface area contributed by atoms with Crippen LogP contribution in [-0.4, -0.2) is 35.0 Å². The number of benzene rings is 1. The Hall–Kier alpha value is -1.89. The molecule has 1 aromatic rings. The summed E-state index contributed by atoms with van der Waals surface area (Å²) in [5.41, 5.74) is 0.793. The lowest BCUT2D eigenvalue weighted by Gasteiger charge is -2.23. The number of hydrogen-bond donors (Lipinski definition) is 3. The molecule has 2 amide bonds. The van der Waals surface area contributed by atoms with Gasteiger partial charge in [0, 0.05) is 17.8 Å². The van der Waals surface area contributed by atoms with Crippen molar-refractivity contribution < 1.29 is 19.5 Å². The van der Waals surface area contributed by atoms with Gasteiger partial charge in [-0.05, 0) is 23.6 Å². The number of carbonyl (C=O) groups excluding carboxylic acids is 2. The standard InChI is InChI=1S/C16H21BrN2O4/c1-9(2)14(18-10(3)20)15(21)19-13(16(22)23)8-11-4-6-12(17)7-5-11/h4-7,9,13-14H,8H2,1-3H3,(H,18,20)(H,19,21)(H,22,23)/t13-,14+/m0/s1. The normalized spacial score (nSPS) is 13.3. The molecule has 0 spiro atoms. The van der Waals surface area contributed by atoms with Crippen LogP contribution >= 0.6 is 15.9 Å². The van der Waals surface area contributed by atoms with Gasteiger partial charge in [-0.15, -0.1) is 0 Å². The molecule has 2 atom stereocenters. The van der Waals surface area contributed by atoms with Crippen LogP contribution in [0.3, 0.4) is 0 Å². The van der Waals surface area contributed by atoms with E-state index in [1.54, 1.807) is 26.0 Å². The highest BCUT2D eigenvalue weighted by atomic mass is 79.9. The number of rotatable bonds is 7. The molecular weight excluding hydrogens is 364 g/mol. The molecule has 1 rings (SSSR count). The second-order valence-corrected chi connectivity index (χ2v) is 6.57. The van der Waals surface area contributed by atoms with Gasteiger partial charge in [-0.2, -0.15) is 0 Å². The van der Waals surface area contributed by atoms with Crippen molar-refractivity contribution in [2.24, 2.45) is 5.92 Å². The molecule has 0 fully saturated rings. The van der Waals surface area contributed by atoms with Gasteiger partial charge in [-0.3, -0.25) is 9.59 Å². The van der Waals surface area contributed by atoms with Gasteiger partial charge in [-0.25, -0.2) is 4.79 Å². The van der Waals surface area contributed by atoms with Crippen molar-refractivity contribution in [3.63, 3.8) is 0 Å². The molecule has 0 saturated heterocycles. The molecule has 1 aromatic carbocycles. The zero-order chi connectivity index (χ0) is 17.6. The molecule has 0 aliphatic heterocycles. The largest absolute Gasteiger partial charge is 0.480 e. The molecule has 0 aliphatic carbocycles. The molecule has 126 valence electrons. The smallest absolute Gasteiger partial charge is 0.326 e. The maximum absolute atomic E-state index is 12.3. The Balaban J connectivity index is 2.81. The zero-order valence-electron chi connectivity index (χ0n) is 13.3. The third-order valence-corrected chi connectivity index (χ3v) is 3.80. The minimum Gasteiger partial charge on any atom is -0.480 e. The van der Waals surface area contributed by atoms with Crippen LogP contribution in [0, 0.1) is 5.92 Å². The van der Waals surface area contributed by atoms with Crippen LogP contribution in [0.15, 0.2) is 28.7 Å². The third kappa shape index (κ3) is 6.40. The molecule has 0 radical (unpaired) electrons. The fourth-order valence-corrected chi connectivity index (χ4v) is 2.34. The highest BCUT2D eigenvalue weighted by Gasteiger charge is 2.28. The fraction of sp³-hybridized carbons (Fsp3) is 0.438. The molecular formula is C16H21BrN2O4. The van der Waals surface area contributed by atoms with E-state index in [9.17, 15) is 19.5 Å². The molecule has 0 bridgehead atoms. The summed E-state index contributed by atoms with van der Waals surface area (Å²) < 4.78 is 0.891. The van der Waals surface area contributed by atoms with Crippen molar-refractivity contribution in [1.29, 1.82) is 0 Å². The van der Waals surface area contributed by atoms with E-state index in [1.165, 1.54) is 6.92 Å². The number of carbonyl (C=O) groups is 3. The molecule has 7 heteroatoms. The molecule has 6 nitrogen and oxygen atoms in total. The molecule has 0 heterocycles. The maximum Gasteiger partial charge on any atom is 0.326 e. The molecule has 0 aromatic heterocycles. The molecule has 0 aliphatic rings. The van der Waals surface area contributed by atoms with E-state index in [-0.39, 0.29) is 18.2 Å². The van der Waals surface area contributed by atoms with Crippen LogP contribution in [0.25, 0.3) is 0 Å². The van der Waals surface area contributed by atoms with Crippen molar-refractivity contribution in [1.82, 2.24) is 10.6 Å². The van der Waals surface area contributed by atoms with Crippen molar-refractivity contribution in [3.8, 4) is 0 Å². The minimum absolute atomic E-state index is 0.152. The van der Waals surface area contributed by atoms with Crippen molar-refractivity contribution >= 4 is 33.7 Å². The highest BCUT2D eigenvalue weighted by molar-refractivity contribution is 9.10. The first-order chi connectivity index (χ1) is 10.7. The summed E-state index contributed by atoms with van der Waals surface area (Å²) >= 11 is 3.31. The minimum atomic E-state index is -1.12. The van der Waals surface area contributed by atoms with Crippen molar-refractivity contribution in [3.05, 3.63) is 34.3 Å². The quantitative estimate of drug-likeness (QED) is 0.666. The number of amides is 2. The molecule has 3 N–H and O–H groups in total. The van der Waals surface area contributed by atoms with Crippen molar-refractivity contribution in [2.75, 3.05) is 0 Å². The van der Waals surface area contributed by atoms with E-state index in [0.29, 0.717) is 0 Å². The summed E-state index contributed by atoms with van der Waals surface area (Å²) in [7, 11) is 0. The van der Waals surface area contributed by atoms with Gasteiger partial charge in [0.15, 0.2) is 0 Å². The monoisotopic (exact) mass is 384 g/mol. The third-order valence-electron chi connectivity index (χ3n) is 3.28. The summed E-state index contributed by atoms with van der Waals surface area (Å²) in [6, 6.07) is 5.38. The first-order valence-corrected chi connectivity index (χ1v) is 8.04. The Labute approximate surface area is 143 Å². The van der Waals surface area contributed by atoms with Crippen LogP contribution in [0.1, 0.15) is 26.3 Å². The zero-order valence-corrected chi connectivity index (χ0v) is 14.9. The molecule has 23 heavy (non-hydrogen) atoms. The summed E-state index contributed by atoms with van der Waals surface area (Å²) in [5, 5.41) is 14.4. The summed E-state index contributed by atoms with van der Waals surface area (Å²) in [5.74, 6) is -2.11. The van der Waals surface area contributed by atoms with Gasteiger partial charge in [0.05, 0.1) is 0 Å². The Morgan fingerprint density at radius 2 is 1.70 bits per heavy atom. The van der Waals surface area contributed by atoms with E-state index in [2.05, 4.69) is 26.6 Å². The van der Waals surface area contributed by atoms with Crippen LogP contribution in [0.2, 0.25) is 0 Å². The van der Waals surface area contributed by atoms with E-state index >= 15 is 0 Å². The van der Waals surface area contributed by atoms with Crippen molar-refractivity contribution in [2.45, 2.75) is 39.3 Å². The predicted octanol–water partition coefficient (Wildman–Crippen LogP) is 1.72. The average molecular weight is 385 g/mol. The summed E-state index contributed by atoms with van der Waals surface area (Å²) in [4.78, 5) is 34.9. The molecule has 0 saturated carbocycles. The van der Waals surface area contributed by atoms with Gasteiger partial charge in [-0.1, -0.05) is 41.9 Å². The van der Waals surface area contributed by atoms with Crippen LogP contribution < -0.4 is 10.6 Å². The topological polar surface area (TPSA) is 95.5 Å². The van der Waals surface area contributed by atoms with E-state index in [4.69, 9.17) is 0 Å². The highest BCUT2D eigenvalue weighted by Crippen LogP contribution is 2.12. The van der Waals surface area contributed by atoms with E-state index in [1.807, 2.05) is 12.1 Å². The van der Waals surface area contributed by atoms with Crippen LogP contribution in [0.4, 0.5) is 0 Å². The number of carboxylic acid groups (broad SMARTS) is 1. The number of halogens is 1. The lowest BCUT2D eigenvalue weighted by molar-refractivity contribution is -0.142. The summed E-state index contributed by atoms with van der Waals surface area (Å²) in [6.07, 6.45) is 0.166. The van der Waals surface area contributed by atoms with Gasteiger partial charge in [0.2, 0.25) is 11.8 Å². The van der Waals surface area contributed by atoms with Crippen LogP contribution in [-0.2, 0) is 20.8 Å². The Morgan fingerprint density at radius 3 is 2.13 bits per heavy atom. The first-order valence-electron chi connectivity index (χ1n) is 7.25. The number of nitrogens with one attached hydrogen (secondary N) is 2. The van der Waals surface area contributed by atoms with Gasteiger partial charge < -0.3 is 15.7 Å². The Kier molecular flexibility index (Phi) is 7.22. The van der Waals surface area contributed by atoms with E-state index < -0.39 is 24.0 Å². The first kappa shape index (κ1) is 19.2. The maximum atomic E-state index is 12.3. The fourth-order valence-electron chi connectivity index (χ4n) is 2.07. The average Bonchev–Trinajstić information content (AvgIpc) is 2.45. The molecule has 0 unspecified atom stereocenters. The Bertz CT molecular complexity index is 572.